The van der Waals surface area contributed by atoms with Gasteiger partial charge in [0.05, 0.1) is 16.7 Å². The standard InChI is InChI=1S/C58H40N2/c1-3-17-41(18-4-1)43-21-15-22-45(37-43)53-29-11-13-31-56(53)59(48-24-5-2-6-25-48)49-26-16-23-46(39-49)51-27-9-10-28-52(51)47-34-36-58-55(40-47)54-30-12-14-32-57(54)60(58)50-35-33-42-19-7-8-20-44(42)38-50/h1-40H. The molecular weight excluding hydrogens is 725 g/mol. The molecule has 0 aliphatic heterocycles. The summed E-state index contributed by atoms with van der Waals surface area (Å²) < 4.78 is 2.41. The fourth-order valence-corrected chi connectivity index (χ4v) is 8.95. The van der Waals surface area contributed by atoms with E-state index in [2.05, 4.69) is 252 Å². The summed E-state index contributed by atoms with van der Waals surface area (Å²) in [7, 11) is 0. The number of para-hydroxylation sites is 3. The molecule has 0 fully saturated rings. The molecular formula is C58H40N2. The summed E-state index contributed by atoms with van der Waals surface area (Å²) in [6.45, 7) is 0. The Kier molecular flexibility index (Phi) is 8.87. The van der Waals surface area contributed by atoms with Gasteiger partial charge in [-0.2, -0.15) is 0 Å². The minimum atomic E-state index is 1.09. The van der Waals surface area contributed by atoms with Gasteiger partial charge in [0.1, 0.15) is 0 Å². The van der Waals surface area contributed by atoms with Gasteiger partial charge in [-0.25, -0.2) is 0 Å². The normalized spacial score (nSPS) is 11.3. The Morgan fingerprint density at radius 3 is 1.67 bits per heavy atom. The summed E-state index contributed by atoms with van der Waals surface area (Å²) in [4.78, 5) is 2.39. The van der Waals surface area contributed by atoms with Crippen molar-refractivity contribution >= 4 is 49.6 Å². The van der Waals surface area contributed by atoms with Crippen LogP contribution in [-0.4, -0.2) is 4.57 Å². The van der Waals surface area contributed by atoms with Gasteiger partial charge in [-0.05, 0) is 116 Å². The molecule has 282 valence electrons. The van der Waals surface area contributed by atoms with Crippen LogP contribution < -0.4 is 4.90 Å². The molecule has 0 bridgehead atoms. The second-order valence-electron chi connectivity index (χ2n) is 15.3. The third-order valence-corrected chi connectivity index (χ3v) is 11.8. The molecule has 11 aromatic rings. The van der Waals surface area contributed by atoms with E-state index >= 15 is 0 Å². The Hall–Kier alpha value is -7.94. The molecule has 0 atom stereocenters. The van der Waals surface area contributed by atoms with Crippen molar-refractivity contribution in [1.29, 1.82) is 0 Å². The molecule has 11 rings (SSSR count). The summed E-state index contributed by atoms with van der Waals surface area (Å²) in [5.41, 5.74) is 16.4. The number of hydrogen-bond donors (Lipinski definition) is 0. The highest BCUT2D eigenvalue weighted by Gasteiger charge is 2.19. The number of fused-ring (bicyclic) bond motifs is 4. The van der Waals surface area contributed by atoms with E-state index in [9.17, 15) is 0 Å². The highest BCUT2D eigenvalue weighted by molar-refractivity contribution is 6.11. The molecule has 0 radical (unpaired) electrons. The lowest BCUT2D eigenvalue weighted by atomic mass is 9.93. The highest BCUT2D eigenvalue weighted by atomic mass is 15.1. The van der Waals surface area contributed by atoms with Crippen LogP contribution in [0.2, 0.25) is 0 Å². The molecule has 60 heavy (non-hydrogen) atoms. The van der Waals surface area contributed by atoms with Gasteiger partial charge in [-0.3, -0.25) is 0 Å². The molecule has 0 saturated heterocycles. The van der Waals surface area contributed by atoms with Crippen LogP contribution in [0.15, 0.2) is 243 Å². The first-order valence-electron chi connectivity index (χ1n) is 20.6. The van der Waals surface area contributed by atoms with Crippen LogP contribution in [0.4, 0.5) is 17.1 Å². The van der Waals surface area contributed by atoms with E-state index in [1.165, 1.54) is 77.2 Å². The van der Waals surface area contributed by atoms with Crippen molar-refractivity contribution in [3.63, 3.8) is 0 Å². The van der Waals surface area contributed by atoms with E-state index < -0.39 is 0 Å². The Morgan fingerprint density at radius 1 is 0.283 bits per heavy atom. The average Bonchev–Trinajstić information content (AvgIpc) is 3.66. The number of benzene rings is 10. The summed E-state index contributed by atoms with van der Waals surface area (Å²) >= 11 is 0. The van der Waals surface area contributed by atoms with E-state index in [0.29, 0.717) is 0 Å². The zero-order chi connectivity index (χ0) is 39.8. The maximum Gasteiger partial charge on any atom is 0.0541 e. The predicted molar refractivity (Wildman–Crippen MR) is 255 cm³/mol. The van der Waals surface area contributed by atoms with Gasteiger partial charge < -0.3 is 9.47 Å². The van der Waals surface area contributed by atoms with Gasteiger partial charge in [-0.1, -0.05) is 176 Å². The van der Waals surface area contributed by atoms with Gasteiger partial charge in [0.2, 0.25) is 0 Å². The quantitative estimate of drug-likeness (QED) is 0.150. The Labute approximate surface area is 350 Å². The lowest BCUT2D eigenvalue weighted by molar-refractivity contribution is 1.19. The number of nitrogens with zero attached hydrogens (tertiary/aromatic N) is 2. The van der Waals surface area contributed by atoms with Crippen molar-refractivity contribution < 1.29 is 0 Å². The third kappa shape index (κ3) is 6.32. The van der Waals surface area contributed by atoms with E-state index in [1.54, 1.807) is 0 Å². The van der Waals surface area contributed by atoms with Crippen molar-refractivity contribution in [2.24, 2.45) is 0 Å². The summed E-state index contributed by atoms with van der Waals surface area (Å²) in [6, 6.07) is 87.9. The second-order valence-corrected chi connectivity index (χ2v) is 15.3. The molecule has 2 heteroatoms. The molecule has 0 saturated carbocycles. The second kappa shape index (κ2) is 15.1. The van der Waals surface area contributed by atoms with Crippen LogP contribution in [-0.2, 0) is 0 Å². The monoisotopic (exact) mass is 764 g/mol. The molecule has 1 aromatic heterocycles. The fourth-order valence-electron chi connectivity index (χ4n) is 8.95. The molecule has 0 N–H and O–H groups in total. The predicted octanol–water partition coefficient (Wildman–Crippen LogP) is 16.1. The zero-order valence-corrected chi connectivity index (χ0v) is 33.0. The molecule has 10 aromatic carbocycles. The van der Waals surface area contributed by atoms with Gasteiger partial charge in [0, 0.05) is 33.4 Å². The molecule has 0 unspecified atom stereocenters. The van der Waals surface area contributed by atoms with Crippen molar-refractivity contribution in [3.8, 4) is 50.2 Å². The average molecular weight is 765 g/mol. The first kappa shape index (κ1) is 35.2. The van der Waals surface area contributed by atoms with E-state index in [-0.39, 0.29) is 0 Å². The van der Waals surface area contributed by atoms with Crippen LogP contribution in [0.5, 0.6) is 0 Å². The zero-order valence-electron chi connectivity index (χ0n) is 33.0. The topological polar surface area (TPSA) is 8.17 Å². The first-order chi connectivity index (χ1) is 29.8. The van der Waals surface area contributed by atoms with Crippen LogP contribution in [0, 0.1) is 0 Å². The highest BCUT2D eigenvalue weighted by Crippen LogP contribution is 2.44. The van der Waals surface area contributed by atoms with Gasteiger partial charge in [0.15, 0.2) is 0 Å². The van der Waals surface area contributed by atoms with Crippen LogP contribution in [0.3, 0.4) is 0 Å². The van der Waals surface area contributed by atoms with Crippen molar-refractivity contribution in [1.82, 2.24) is 4.57 Å². The molecule has 2 nitrogen and oxygen atoms in total. The minimum absolute atomic E-state index is 1.09. The van der Waals surface area contributed by atoms with Crippen molar-refractivity contribution in [2.75, 3.05) is 4.90 Å². The minimum Gasteiger partial charge on any atom is -0.310 e. The van der Waals surface area contributed by atoms with E-state index in [1.807, 2.05) is 0 Å². The maximum atomic E-state index is 2.41. The van der Waals surface area contributed by atoms with Crippen LogP contribution >= 0.6 is 0 Å². The van der Waals surface area contributed by atoms with Gasteiger partial charge in [-0.15, -0.1) is 0 Å². The summed E-state index contributed by atoms with van der Waals surface area (Å²) in [5, 5.41) is 4.96. The summed E-state index contributed by atoms with van der Waals surface area (Å²) in [6.07, 6.45) is 0. The van der Waals surface area contributed by atoms with E-state index in [4.69, 9.17) is 0 Å². The first-order valence-corrected chi connectivity index (χ1v) is 20.6. The molecule has 0 aliphatic rings. The SMILES string of the molecule is c1ccc(-c2cccc(-c3ccccc3N(c3ccccc3)c3cccc(-c4ccccc4-c4ccc5c(c4)c4ccccc4n5-c4ccc5ccccc5c4)c3)c2)cc1. The molecule has 0 aliphatic carbocycles. The van der Waals surface area contributed by atoms with Gasteiger partial charge in [0.25, 0.3) is 0 Å². The fraction of sp³-hybridized carbons (Fsp3) is 0. The number of rotatable bonds is 8. The van der Waals surface area contributed by atoms with E-state index in [0.717, 1.165) is 22.6 Å². The van der Waals surface area contributed by atoms with Crippen molar-refractivity contribution in [2.45, 2.75) is 0 Å². The van der Waals surface area contributed by atoms with Crippen LogP contribution in [0.25, 0.3) is 82.8 Å². The molecule has 1 heterocycles. The Bertz CT molecular complexity index is 3320. The lowest BCUT2D eigenvalue weighted by Gasteiger charge is -2.28. The molecule has 0 spiro atoms. The van der Waals surface area contributed by atoms with Crippen LogP contribution in [0.1, 0.15) is 0 Å². The lowest BCUT2D eigenvalue weighted by Crippen LogP contribution is -2.11. The number of anilines is 3. The number of hydrogen-bond acceptors (Lipinski definition) is 1. The van der Waals surface area contributed by atoms with Gasteiger partial charge >= 0.3 is 0 Å². The van der Waals surface area contributed by atoms with Crippen molar-refractivity contribution in [3.05, 3.63) is 243 Å². The largest absolute Gasteiger partial charge is 0.310 e. The maximum absolute atomic E-state index is 2.41. The Morgan fingerprint density at radius 2 is 0.850 bits per heavy atom. The number of aromatic nitrogens is 1. The molecule has 0 amide bonds. The summed E-state index contributed by atoms with van der Waals surface area (Å²) in [5.74, 6) is 0. The smallest absolute Gasteiger partial charge is 0.0541 e. The third-order valence-electron chi connectivity index (χ3n) is 11.8. The Balaban J connectivity index is 1.03.